The molecule has 1 aliphatic carbocycles. The van der Waals surface area contributed by atoms with Gasteiger partial charge in [0.1, 0.15) is 11.7 Å². The number of carbonyl (C=O) groups is 2. The monoisotopic (exact) mass is 448 g/mol. The van der Waals surface area contributed by atoms with Crippen molar-refractivity contribution in [1.29, 1.82) is 0 Å². The summed E-state index contributed by atoms with van der Waals surface area (Å²) in [6.07, 6.45) is 8.96. The summed E-state index contributed by atoms with van der Waals surface area (Å²) in [6.45, 7) is 8.57. The number of benzene rings is 1. The molecule has 4 nitrogen and oxygen atoms in total. The van der Waals surface area contributed by atoms with Crippen LogP contribution in [0.25, 0.3) is 0 Å². The first-order chi connectivity index (χ1) is 14.3. The van der Waals surface area contributed by atoms with Gasteiger partial charge in [-0.05, 0) is 44.6 Å². The van der Waals surface area contributed by atoms with Crippen LogP contribution in [0.3, 0.4) is 0 Å². The normalized spacial score (nSPS) is 23.1. The van der Waals surface area contributed by atoms with Crippen molar-refractivity contribution in [1.82, 2.24) is 0 Å². The van der Waals surface area contributed by atoms with Crippen LogP contribution in [-0.4, -0.2) is 38.5 Å². The molecule has 2 rings (SSSR count). The second-order valence-corrected chi connectivity index (χ2v) is 14.5. The third-order valence-electron chi connectivity index (χ3n) is 5.22. The van der Waals surface area contributed by atoms with E-state index in [0.29, 0.717) is 0 Å². The van der Waals surface area contributed by atoms with Gasteiger partial charge in [0.2, 0.25) is 0 Å². The van der Waals surface area contributed by atoms with Crippen molar-refractivity contribution in [2.75, 3.05) is 7.11 Å². The number of carbonyl (C=O) groups excluding carboxylic acids is 2. The molecule has 0 aliphatic heterocycles. The van der Waals surface area contributed by atoms with Gasteiger partial charge in [0.15, 0.2) is 8.32 Å². The van der Waals surface area contributed by atoms with Crippen LogP contribution in [0.5, 0.6) is 0 Å². The summed E-state index contributed by atoms with van der Waals surface area (Å²) in [5.41, 5.74) is 0. The number of Topliss-reactive ketones (excluding diaryl/α,β-unsaturated/α-hetero) is 1. The Morgan fingerprint density at radius 2 is 1.93 bits per heavy atom. The van der Waals surface area contributed by atoms with E-state index >= 15 is 0 Å². The molecule has 6 heteroatoms. The van der Waals surface area contributed by atoms with Crippen LogP contribution in [0.4, 0.5) is 0 Å². The lowest BCUT2D eigenvalue weighted by Crippen LogP contribution is -2.40. The average Bonchev–Trinajstić information content (AvgIpc) is 3.01. The lowest BCUT2D eigenvalue weighted by molar-refractivity contribution is -0.150. The zero-order chi connectivity index (χ0) is 22.1. The second kappa shape index (κ2) is 11.9. The van der Waals surface area contributed by atoms with Crippen LogP contribution in [-0.2, 0) is 18.8 Å². The number of allylic oxidation sites excluding steroid dienone is 1. The zero-order valence-electron chi connectivity index (χ0n) is 18.9. The molecule has 0 radical (unpaired) electrons. The Hall–Kier alpha value is -1.37. The molecule has 0 N–H and O–H groups in total. The number of rotatable bonds is 11. The van der Waals surface area contributed by atoms with Crippen LogP contribution in [0.15, 0.2) is 47.4 Å². The molecule has 4 atom stereocenters. The van der Waals surface area contributed by atoms with Crippen molar-refractivity contribution in [3.8, 4) is 0 Å². The Morgan fingerprint density at radius 1 is 1.23 bits per heavy atom. The number of ether oxygens (including phenoxy) is 1. The Bertz CT molecular complexity index is 714. The molecule has 0 spiro atoms. The molecule has 1 aliphatic rings. The highest BCUT2D eigenvalue weighted by molar-refractivity contribution is 8.00. The van der Waals surface area contributed by atoms with Gasteiger partial charge in [-0.25, -0.2) is 0 Å². The van der Waals surface area contributed by atoms with Crippen LogP contribution in [0.1, 0.15) is 39.0 Å². The molecule has 30 heavy (non-hydrogen) atoms. The van der Waals surface area contributed by atoms with E-state index in [9.17, 15) is 9.59 Å². The number of hydrogen-bond donors (Lipinski definition) is 0. The molecule has 166 valence electrons. The van der Waals surface area contributed by atoms with Gasteiger partial charge in [0.05, 0.1) is 13.2 Å². The first kappa shape index (κ1) is 24.9. The molecule has 0 bridgehead atoms. The van der Waals surface area contributed by atoms with Gasteiger partial charge in [0.25, 0.3) is 0 Å². The number of thioether (sulfide) groups is 1. The number of unbranched alkanes of at least 4 members (excludes halogenated alkanes) is 3. The predicted octanol–water partition coefficient (Wildman–Crippen LogP) is 5.88. The Kier molecular flexibility index (Phi) is 9.85. The lowest BCUT2D eigenvalue weighted by atomic mass is 9.90. The molecule has 1 fully saturated rings. The van der Waals surface area contributed by atoms with Gasteiger partial charge in [0, 0.05) is 22.5 Å². The molecule has 0 saturated heterocycles. The van der Waals surface area contributed by atoms with Crippen molar-refractivity contribution >= 4 is 31.8 Å². The number of hydrogen-bond acceptors (Lipinski definition) is 5. The fourth-order valence-electron chi connectivity index (χ4n) is 3.93. The Labute approximate surface area is 186 Å². The topological polar surface area (TPSA) is 52.6 Å². The third-order valence-corrected chi connectivity index (χ3v) is 7.52. The highest BCUT2D eigenvalue weighted by atomic mass is 32.2. The fraction of sp³-hybridized carbons (Fsp3) is 0.583. The first-order valence-corrected chi connectivity index (χ1v) is 15.2. The minimum Gasteiger partial charge on any atom is -0.468 e. The number of esters is 1. The van der Waals surface area contributed by atoms with Crippen LogP contribution in [0, 0.1) is 11.8 Å². The first-order valence-electron chi connectivity index (χ1n) is 10.9. The molecule has 0 amide bonds. The van der Waals surface area contributed by atoms with Gasteiger partial charge in [-0.2, -0.15) is 0 Å². The quantitative estimate of drug-likeness (QED) is 0.106. The zero-order valence-corrected chi connectivity index (χ0v) is 20.7. The summed E-state index contributed by atoms with van der Waals surface area (Å²) in [5.74, 6) is -1.50. The summed E-state index contributed by atoms with van der Waals surface area (Å²) < 4.78 is 11.5. The molecule has 4 unspecified atom stereocenters. The molecule has 1 saturated carbocycles. The summed E-state index contributed by atoms with van der Waals surface area (Å²) in [6, 6.07) is 10.2. The van der Waals surface area contributed by atoms with E-state index in [0.717, 1.165) is 17.7 Å². The van der Waals surface area contributed by atoms with Gasteiger partial charge in [-0.1, -0.05) is 50.1 Å². The number of ketones is 1. The third kappa shape index (κ3) is 7.40. The van der Waals surface area contributed by atoms with E-state index in [-0.39, 0.29) is 29.5 Å². The maximum absolute atomic E-state index is 12.9. The second-order valence-electron chi connectivity index (χ2n) is 8.84. The molecule has 1 aromatic carbocycles. The van der Waals surface area contributed by atoms with E-state index in [4.69, 9.17) is 9.16 Å². The van der Waals surface area contributed by atoms with E-state index in [1.807, 2.05) is 18.2 Å². The smallest absolute Gasteiger partial charge is 0.316 e. The van der Waals surface area contributed by atoms with Crippen molar-refractivity contribution in [3.05, 3.63) is 42.5 Å². The minimum absolute atomic E-state index is 0.0362. The Balaban J connectivity index is 2.36. The molecule has 0 heterocycles. The minimum atomic E-state index is -1.89. The summed E-state index contributed by atoms with van der Waals surface area (Å²) in [5, 5.41) is -0.0362. The summed E-state index contributed by atoms with van der Waals surface area (Å²) >= 11 is 1.70. The molecule has 1 aromatic rings. The van der Waals surface area contributed by atoms with E-state index in [2.05, 4.69) is 50.8 Å². The highest BCUT2D eigenvalue weighted by Gasteiger charge is 2.51. The van der Waals surface area contributed by atoms with Crippen LogP contribution in [0.2, 0.25) is 19.6 Å². The van der Waals surface area contributed by atoms with Crippen molar-refractivity contribution < 1.29 is 18.8 Å². The maximum Gasteiger partial charge on any atom is 0.316 e. The van der Waals surface area contributed by atoms with Gasteiger partial charge in [-0.15, -0.1) is 11.8 Å². The van der Waals surface area contributed by atoms with Crippen LogP contribution >= 0.6 is 11.8 Å². The predicted molar refractivity (Wildman–Crippen MR) is 126 cm³/mol. The Morgan fingerprint density at radius 3 is 2.53 bits per heavy atom. The van der Waals surface area contributed by atoms with Crippen molar-refractivity contribution in [2.24, 2.45) is 11.8 Å². The van der Waals surface area contributed by atoms with E-state index < -0.39 is 20.2 Å². The fourth-order valence-corrected chi connectivity index (χ4v) is 6.38. The standard InChI is InChI=1S/C24H36O4SSi/c1-6-7-8-9-13-16-21(29-18-14-11-10-12-15-18)23-20(28-30(3,4)5)17-19(25)22(23)24(26)27-2/h10-16,20-23H,6-9,17H2,1-5H3. The molecular weight excluding hydrogens is 412 g/mol. The van der Waals surface area contributed by atoms with Crippen molar-refractivity contribution in [3.63, 3.8) is 0 Å². The lowest BCUT2D eigenvalue weighted by Gasteiger charge is -2.32. The molecule has 0 aromatic heterocycles. The summed E-state index contributed by atoms with van der Waals surface area (Å²) in [4.78, 5) is 26.6. The average molecular weight is 449 g/mol. The molecular formula is C24H36O4SSi. The van der Waals surface area contributed by atoms with Crippen molar-refractivity contribution in [2.45, 2.75) is 74.9 Å². The summed E-state index contributed by atoms with van der Waals surface area (Å²) in [7, 11) is -0.532. The van der Waals surface area contributed by atoms with Crippen LogP contribution < -0.4 is 0 Å². The van der Waals surface area contributed by atoms with Gasteiger partial charge >= 0.3 is 5.97 Å². The van der Waals surface area contributed by atoms with E-state index in [1.165, 1.54) is 20.0 Å². The van der Waals surface area contributed by atoms with Gasteiger partial charge < -0.3 is 9.16 Å². The van der Waals surface area contributed by atoms with E-state index in [1.54, 1.807) is 11.8 Å². The maximum atomic E-state index is 12.9. The largest absolute Gasteiger partial charge is 0.468 e. The SMILES string of the molecule is CCCCCC=CC(Sc1ccccc1)C1C(O[Si](C)(C)C)CC(=O)C1C(=O)OC. The highest BCUT2D eigenvalue weighted by Crippen LogP contribution is 2.43. The number of methoxy groups -OCH3 is 1. The van der Waals surface area contributed by atoms with Gasteiger partial charge in [-0.3, -0.25) is 9.59 Å².